The van der Waals surface area contributed by atoms with Gasteiger partial charge in [0, 0.05) is 30.2 Å². The number of carbonyl (C=O) groups is 3. The topological polar surface area (TPSA) is 135 Å². The molecule has 0 saturated carbocycles. The van der Waals surface area contributed by atoms with E-state index in [0.29, 0.717) is 37.3 Å². The van der Waals surface area contributed by atoms with Crippen molar-refractivity contribution in [3.05, 3.63) is 36.0 Å². The maximum atomic E-state index is 12.9. The molecule has 2 atom stereocenters. The van der Waals surface area contributed by atoms with Gasteiger partial charge in [0.15, 0.2) is 6.10 Å². The molecule has 1 aliphatic heterocycles. The summed E-state index contributed by atoms with van der Waals surface area (Å²) in [7, 11) is 0. The van der Waals surface area contributed by atoms with E-state index in [9.17, 15) is 19.5 Å². The second-order valence-corrected chi connectivity index (χ2v) is 9.57. The minimum absolute atomic E-state index is 0.179. The zero-order chi connectivity index (χ0) is 24.3. The first-order chi connectivity index (χ1) is 15.5. The molecule has 0 bridgehead atoms. The minimum Gasteiger partial charge on any atom is -0.479 e. The molecule has 9 heteroatoms. The van der Waals surface area contributed by atoms with Crippen LogP contribution < -0.4 is 11.1 Å². The quantitative estimate of drug-likeness (QED) is 0.607. The van der Waals surface area contributed by atoms with E-state index in [1.807, 2.05) is 20.8 Å². The molecule has 9 nitrogen and oxygen atoms in total. The van der Waals surface area contributed by atoms with Crippen LogP contribution in [0.1, 0.15) is 50.9 Å². The highest BCUT2D eigenvalue weighted by Gasteiger charge is 2.36. The Labute approximate surface area is 193 Å². The summed E-state index contributed by atoms with van der Waals surface area (Å²) in [4.78, 5) is 42.8. The Bertz CT molecular complexity index is 1040. The van der Waals surface area contributed by atoms with Crippen molar-refractivity contribution in [3.8, 4) is 0 Å². The molecular weight excluding hydrogens is 424 g/mol. The largest absolute Gasteiger partial charge is 0.479 e. The number of hydrogen-bond acceptors (Lipinski definition) is 6. The average molecular weight is 457 g/mol. The molecular formula is C24H32N4O5. The van der Waals surface area contributed by atoms with Gasteiger partial charge in [0.1, 0.15) is 11.9 Å². The average Bonchev–Trinajstić information content (AvgIpc) is 2.76. The summed E-state index contributed by atoms with van der Waals surface area (Å²) in [6, 6.07) is 6.19. The lowest BCUT2D eigenvalue weighted by atomic mass is 9.88. The third kappa shape index (κ3) is 5.78. The SMILES string of the molecule is CC(NC(=O)c1ccc2c(N)nccc2c1)C(=O)N1CCC(O[C@H](C(=O)O)C(C)(C)C)CC1. The zero-order valence-corrected chi connectivity index (χ0v) is 19.5. The number of carboxylic acids is 1. The lowest BCUT2D eigenvalue weighted by Crippen LogP contribution is -2.51. The third-order valence-corrected chi connectivity index (χ3v) is 5.87. The van der Waals surface area contributed by atoms with E-state index < -0.39 is 23.5 Å². The number of rotatable bonds is 6. The predicted molar refractivity (Wildman–Crippen MR) is 125 cm³/mol. The van der Waals surface area contributed by atoms with Gasteiger partial charge >= 0.3 is 5.97 Å². The highest BCUT2D eigenvalue weighted by atomic mass is 16.5. The van der Waals surface area contributed by atoms with Crippen LogP contribution in [-0.2, 0) is 14.3 Å². The van der Waals surface area contributed by atoms with Crippen LogP contribution in [0.15, 0.2) is 30.5 Å². The highest BCUT2D eigenvalue weighted by molar-refractivity contribution is 6.02. The van der Waals surface area contributed by atoms with Crippen molar-refractivity contribution in [2.24, 2.45) is 5.41 Å². The number of nitrogens with one attached hydrogen (secondary N) is 1. The van der Waals surface area contributed by atoms with E-state index in [1.165, 1.54) is 0 Å². The van der Waals surface area contributed by atoms with Crippen LogP contribution in [0, 0.1) is 5.41 Å². The molecule has 0 radical (unpaired) electrons. The third-order valence-electron chi connectivity index (χ3n) is 5.87. The first-order valence-electron chi connectivity index (χ1n) is 11.1. The minimum atomic E-state index is -0.981. The van der Waals surface area contributed by atoms with Crippen LogP contribution >= 0.6 is 0 Å². The fourth-order valence-corrected chi connectivity index (χ4v) is 4.00. The lowest BCUT2D eigenvalue weighted by Gasteiger charge is -2.37. The van der Waals surface area contributed by atoms with Gasteiger partial charge in [0.2, 0.25) is 5.91 Å². The fourth-order valence-electron chi connectivity index (χ4n) is 4.00. The molecule has 1 aromatic heterocycles. The number of fused-ring (bicyclic) bond motifs is 1. The molecule has 3 rings (SSSR count). The van der Waals surface area contributed by atoms with Gasteiger partial charge in [-0.25, -0.2) is 9.78 Å². The lowest BCUT2D eigenvalue weighted by molar-refractivity contribution is -0.167. The number of ether oxygens (including phenoxy) is 1. The van der Waals surface area contributed by atoms with E-state index in [1.54, 1.807) is 42.3 Å². The van der Waals surface area contributed by atoms with Crippen LogP contribution in [0.5, 0.6) is 0 Å². The molecule has 0 spiro atoms. The van der Waals surface area contributed by atoms with Gasteiger partial charge < -0.3 is 25.8 Å². The number of nitrogens with zero attached hydrogens (tertiary/aromatic N) is 2. The Morgan fingerprint density at radius 2 is 1.88 bits per heavy atom. The van der Waals surface area contributed by atoms with E-state index >= 15 is 0 Å². The summed E-state index contributed by atoms with van der Waals surface area (Å²) < 4.78 is 5.85. The number of pyridine rings is 1. The van der Waals surface area contributed by atoms with Crippen molar-refractivity contribution in [1.82, 2.24) is 15.2 Å². The summed E-state index contributed by atoms with van der Waals surface area (Å²) in [6.45, 7) is 8.04. The number of benzene rings is 1. The molecule has 2 aromatic rings. The fraction of sp³-hybridized carbons (Fsp3) is 0.500. The van der Waals surface area contributed by atoms with Crippen LogP contribution in [0.25, 0.3) is 10.8 Å². The van der Waals surface area contributed by atoms with Crippen molar-refractivity contribution in [2.45, 2.75) is 58.8 Å². The summed E-state index contributed by atoms with van der Waals surface area (Å²) in [5, 5.41) is 13.8. The summed E-state index contributed by atoms with van der Waals surface area (Å²) in [5.41, 5.74) is 5.76. The molecule has 1 saturated heterocycles. The van der Waals surface area contributed by atoms with Crippen LogP contribution in [0.4, 0.5) is 5.82 Å². The second kappa shape index (κ2) is 9.74. The van der Waals surface area contributed by atoms with Crippen molar-refractivity contribution < 1.29 is 24.2 Å². The van der Waals surface area contributed by atoms with E-state index in [0.717, 1.165) is 10.8 Å². The Kier molecular flexibility index (Phi) is 7.22. The van der Waals surface area contributed by atoms with E-state index in [-0.39, 0.29) is 17.9 Å². The van der Waals surface area contributed by atoms with Crippen molar-refractivity contribution in [1.29, 1.82) is 0 Å². The predicted octanol–water partition coefficient (Wildman–Crippen LogP) is 2.44. The van der Waals surface area contributed by atoms with Gasteiger partial charge in [-0.05, 0) is 54.8 Å². The molecule has 1 aromatic carbocycles. The number of nitrogen functional groups attached to an aromatic ring is 1. The van der Waals surface area contributed by atoms with Crippen molar-refractivity contribution >= 4 is 34.4 Å². The number of aliphatic carboxylic acids is 1. The van der Waals surface area contributed by atoms with E-state index in [4.69, 9.17) is 10.5 Å². The van der Waals surface area contributed by atoms with Gasteiger partial charge in [-0.3, -0.25) is 9.59 Å². The smallest absolute Gasteiger partial charge is 0.333 e. The maximum absolute atomic E-state index is 12.9. The Morgan fingerprint density at radius 3 is 2.48 bits per heavy atom. The molecule has 4 N–H and O–H groups in total. The Balaban J connectivity index is 1.55. The van der Waals surface area contributed by atoms with Gasteiger partial charge in [-0.2, -0.15) is 0 Å². The number of carboxylic acid groups (broad SMARTS) is 1. The molecule has 2 heterocycles. The van der Waals surface area contributed by atoms with Gasteiger partial charge in [-0.15, -0.1) is 0 Å². The molecule has 2 amide bonds. The highest BCUT2D eigenvalue weighted by Crippen LogP contribution is 2.27. The van der Waals surface area contributed by atoms with Crippen molar-refractivity contribution in [3.63, 3.8) is 0 Å². The summed E-state index contributed by atoms with van der Waals surface area (Å²) in [6.07, 6.45) is 1.55. The molecule has 33 heavy (non-hydrogen) atoms. The van der Waals surface area contributed by atoms with Crippen LogP contribution in [0.3, 0.4) is 0 Å². The van der Waals surface area contributed by atoms with Gasteiger partial charge in [0.05, 0.1) is 6.10 Å². The number of carbonyl (C=O) groups excluding carboxylic acids is 2. The Hall–Kier alpha value is -3.20. The number of amides is 2. The van der Waals surface area contributed by atoms with Gasteiger partial charge in [0.25, 0.3) is 5.91 Å². The maximum Gasteiger partial charge on any atom is 0.333 e. The number of piperidine rings is 1. The number of anilines is 1. The van der Waals surface area contributed by atoms with E-state index in [2.05, 4.69) is 10.3 Å². The molecule has 1 aliphatic rings. The monoisotopic (exact) mass is 456 g/mol. The Morgan fingerprint density at radius 1 is 1.21 bits per heavy atom. The standard InChI is InChI=1S/C24H32N4O5/c1-14(27-21(29)16-5-6-18-15(13-16)7-10-26-20(18)25)22(30)28-11-8-17(9-12-28)33-19(23(31)32)24(2,3)4/h5-7,10,13-14,17,19H,8-9,11-12H2,1-4H3,(H2,25,26)(H,27,29)(H,31,32)/t14?,19-/m1/s1. The summed E-state index contributed by atoms with van der Waals surface area (Å²) in [5.74, 6) is -1.11. The number of nitrogens with two attached hydrogens (primary N) is 1. The second-order valence-electron chi connectivity index (χ2n) is 9.57. The first-order valence-corrected chi connectivity index (χ1v) is 11.1. The molecule has 178 valence electrons. The van der Waals surface area contributed by atoms with Gasteiger partial charge in [-0.1, -0.05) is 20.8 Å². The van der Waals surface area contributed by atoms with Crippen LogP contribution in [-0.4, -0.2) is 64.1 Å². The number of likely N-dealkylation sites (tertiary alicyclic amines) is 1. The number of aromatic nitrogens is 1. The van der Waals surface area contributed by atoms with Crippen LogP contribution in [0.2, 0.25) is 0 Å². The normalized spacial score (nSPS) is 16.9. The number of hydrogen-bond donors (Lipinski definition) is 3. The molecule has 1 unspecified atom stereocenters. The first kappa shape index (κ1) is 24.4. The van der Waals surface area contributed by atoms with Crippen molar-refractivity contribution in [2.75, 3.05) is 18.8 Å². The summed E-state index contributed by atoms with van der Waals surface area (Å²) >= 11 is 0. The zero-order valence-electron chi connectivity index (χ0n) is 19.5. The molecule has 1 fully saturated rings. The molecule has 0 aliphatic carbocycles.